The maximum Gasteiger partial charge on any atom is 0.321 e. The maximum absolute atomic E-state index is 11.4. The molecule has 2 aromatic carbocycles. The van der Waals surface area contributed by atoms with Crippen LogP contribution in [0.2, 0.25) is 0 Å². The lowest BCUT2D eigenvalue weighted by Gasteiger charge is -2.16. The molecule has 2 atom stereocenters. The molecule has 4 rings (SSSR count). The SMILES string of the molecule is O=Cc1cc(-c2nc3ccccc3s2)c(O)c([C@@H]2NC(C(=O)O)CS2)c1. The number of hydrogen-bond donors (Lipinski definition) is 3. The lowest BCUT2D eigenvalue weighted by molar-refractivity contribution is -0.138. The number of phenols is 1. The van der Waals surface area contributed by atoms with Crippen LogP contribution >= 0.6 is 23.1 Å². The summed E-state index contributed by atoms with van der Waals surface area (Å²) in [6.45, 7) is 0. The molecule has 1 fully saturated rings. The summed E-state index contributed by atoms with van der Waals surface area (Å²) < 4.78 is 0.985. The quantitative estimate of drug-likeness (QED) is 0.592. The fourth-order valence-corrected chi connectivity index (χ4v) is 5.12. The number of aliphatic carboxylic acids is 1. The van der Waals surface area contributed by atoms with E-state index in [4.69, 9.17) is 5.11 Å². The number of phenolic OH excluding ortho intramolecular Hbond substituents is 1. The highest BCUT2D eigenvalue weighted by Gasteiger charge is 2.32. The van der Waals surface area contributed by atoms with Gasteiger partial charge < -0.3 is 10.2 Å². The van der Waals surface area contributed by atoms with E-state index in [9.17, 15) is 14.7 Å². The predicted molar refractivity (Wildman–Crippen MR) is 102 cm³/mol. The number of carbonyl (C=O) groups excluding carboxylic acids is 1. The van der Waals surface area contributed by atoms with E-state index >= 15 is 0 Å². The molecule has 6 nitrogen and oxygen atoms in total. The van der Waals surface area contributed by atoms with Crippen molar-refractivity contribution < 1.29 is 19.8 Å². The van der Waals surface area contributed by atoms with Crippen molar-refractivity contribution in [3.05, 3.63) is 47.5 Å². The highest BCUT2D eigenvalue weighted by Crippen LogP contribution is 2.44. The first-order chi connectivity index (χ1) is 12.6. The number of carboxylic acid groups (broad SMARTS) is 1. The molecule has 0 spiro atoms. The van der Waals surface area contributed by atoms with Gasteiger partial charge in [0.25, 0.3) is 0 Å². The number of nitrogens with zero attached hydrogens (tertiary/aromatic N) is 1. The molecule has 1 aliphatic heterocycles. The molecule has 132 valence electrons. The Balaban J connectivity index is 1.80. The number of hydrogen-bond acceptors (Lipinski definition) is 7. The Labute approximate surface area is 156 Å². The molecular formula is C18H14N2O4S2. The molecule has 1 unspecified atom stereocenters. The first kappa shape index (κ1) is 17.0. The molecule has 2 heterocycles. The fraction of sp³-hybridized carbons (Fsp3) is 0.167. The number of benzene rings is 2. The number of thiazole rings is 1. The first-order valence-electron chi connectivity index (χ1n) is 7.85. The summed E-state index contributed by atoms with van der Waals surface area (Å²) in [6.07, 6.45) is 0.716. The van der Waals surface area contributed by atoms with E-state index in [1.165, 1.54) is 23.1 Å². The van der Waals surface area contributed by atoms with Gasteiger partial charge in [-0.3, -0.25) is 14.9 Å². The monoisotopic (exact) mass is 386 g/mol. The summed E-state index contributed by atoms with van der Waals surface area (Å²) in [5.41, 5.74) is 2.21. The fourth-order valence-electron chi connectivity index (χ4n) is 2.89. The molecule has 3 N–H and O–H groups in total. The standard InChI is InChI=1S/C18H14N2O4S2/c21-7-9-5-10(16-20-13(8-25-16)18(23)24)15(22)11(6-9)17-19-12-3-1-2-4-14(12)26-17/h1-7,13,16,20,22H,8H2,(H,23,24)/t13?,16-/m1/s1. The third-order valence-corrected chi connectivity index (χ3v) is 6.50. The van der Waals surface area contributed by atoms with Crippen LogP contribution in [0.15, 0.2) is 36.4 Å². The maximum atomic E-state index is 11.4. The van der Waals surface area contributed by atoms with Gasteiger partial charge in [0.05, 0.1) is 21.2 Å². The van der Waals surface area contributed by atoms with Crippen LogP contribution < -0.4 is 5.32 Å². The van der Waals surface area contributed by atoms with Crippen LogP contribution in [0.3, 0.4) is 0 Å². The topological polar surface area (TPSA) is 99.5 Å². The number of aldehydes is 1. The number of rotatable bonds is 4. The van der Waals surface area contributed by atoms with Crippen molar-refractivity contribution in [3.63, 3.8) is 0 Å². The average molecular weight is 386 g/mol. The second kappa shape index (κ2) is 6.71. The van der Waals surface area contributed by atoms with Crippen LogP contribution in [-0.2, 0) is 4.79 Å². The van der Waals surface area contributed by atoms with E-state index in [1.807, 2.05) is 24.3 Å². The number of carboxylic acids is 1. The van der Waals surface area contributed by atoms with E-state index in [1.54, 1.807) is 12.1 Å². The van der Waals surface area contributed by atoms with Crippen molar-refractivity contribution in [3.8, 4) is 16.3 Å². The smallest absolute Gasteiger partial charge is 0.321 e. The van der Waals surface area contributed by atoms with Crippen LogP contribution in [-0.4, -0.2) is 39.2 Å². The normalized spacial score (nSPS) is 19.7. The van der Waals surface area contributed by atoms with E-state index in [-0.39, 0.29) is 5.75 Å². The molecule has 0 amide bonds. The van der Waals surface area contributed by atoms with Crippen molar-refractivity contribution in [2.45, 2.75) is 11.4 Å². The van der Waals surface area contributed by atoms with Crippen molar-refractivity contribution in [1.82, 2.24) is 10.3 Å². The molecular weight excluding hydrogens is 372 g/mol. The van der Waals surface area contributed by atoms with E-state index in [0.29, 0.717) is 33.7 Å². The summed E-state index contributed by atoms with van der Waals surface area (Å²) >= 11 is 2.82. The molecule has 1 aromatic heterocycles. The number of aromatic hydroxyl groups is 1. The van der Waals surface area contributed by atoms with Crippen LogP contribution in [0.1, 0.15) is 21.3 Å². The number of fused-ring (bicyclic) bond motifs is 1. The number of aromatic nitrogens is 1. The number of nitrogens with one attached hydrogen (secondary N) is 1. The zero-order chi connectivity index (χ0) is 18.3. The molecule has 0 bridgehead atoms. The molecule has 1 saturated heterocycles. The highest BCUT2D eigenvalue weighted by molar-refractivity contribution is 7.99. The highest BCUT2D eigenvalue weighted by atomic mass is 32.2. The molecule has 0 radical (unpaired) electrons. The Morgan fingerprint density at radius 1 is 1.31 bits per heavy atom. The molecule has 1 aliphatic rings. The van der Waals surface area contributed by atoms with Gasteiger partial charge in [-0.05, 0) is 24.3 Å². The van der Waals surface area contributed by atoms with Crippen LogP contribution in [0.5, 0.6) is 5.75 Å². The van der Waals surface area contributed by atoms with Gasteiger partial charge in [-0.1, -0.05) is 12.1 Å². The summed E-state index contributed by atoms with van der Waals surface area (Å²) in [5, 5.41) is 23.2. The number of carbonyl (C=O) groups is 2. The third kappa shape index (κ3) is 2.96. The Bertz CT molecular complexity index is 985. The summed E-state index contributed by atoms with van der Waals surface area (Å²) in [4.78, 5) is 27.1. The second-order valence-electron chi connectivity index (χ2n) is 5.88. The Kier molecular flexibility index (Phi) is 4.39. The molecule has 0 saturated carbocycles. The van der Waals surface area contributed by atoms with Gasteiger partial charge in [0.2, 0.25) is 0 Å². The lowest BCUT2D eigenvalue weighted by Crippen LogP contribution is -2.33. The summed E-state index contributed by atoms with van der Waals surface area (Å²) in [6, 6.07) is 10.2. The van der Waals surface area contributed by atoms with E-state index in [2.05, 4.69) is 10.3 Å². The van der Waals surface area contributed by atoms with Gasteiger partial charge in [0.15, 0.2) is 0 Å². The third-order valence-electron chi connectivity index (χ3n) is 4.18. The summed E-state index contributed by atoms with van der Waals surface area (Å²) in [7, 11) is 0. The van der Waals surface area contributed by atoms with Crippen LogP contribution in [0.4, 0.5) is 0 Å². The van der Waals surface area contributed by atoms with Crippen LogP contribution in [0.25, 0.3) is 20.8 Å². The number of para-hydroxylation sites is 1. The van der Waals surface area contributed by atoms with Crippen molar-refractivity contribution in [2.75, 3.05) is 5.75 Å². The second-order valence-corrected chi connectivity index (χ2v) is 8.05. The predicted octanol–water partition coefficient (Wildman–Crippen LogP) is 3.27. The minimum absolute atomic E-state index is 0.0192. The van der Waals surface area contributed by atoms with Gasteiger partial charge in [-0.2, -0.15) is 0 Å². The Morgan fingerprint density at radius 3 is 2.81 bits per heavy atom. The average Bonchev–Trinajstić information content (AvgIpc) is 3.29. The van der Waals surface area contributed by atoms with E-state index < -0.39 is 17.4 Å². The Morgan fingerprint density at radius 2 is 2.12 bits per heavy atom. The molecule has 26 heavy (non-hydrogen) atoms. The largest absolute Gasteiger partial charge is 0.507 e. The van der Waals surface area contributed by atoms with Crippen molar-refractivity contribution >= 4 is 45.6 Å². The summed E-state index contributed by atoms with van der Waals surface area (Å²) in [5.74, 6) is -0.524. The zero-order valence-corrected chi connectivity index (χ0v) is 15.0. The van der Waals surface area contributed by atoms with Gasteiger partial charge >= 0.3 is 5.97 Å². The number of thioether (sulfide) groups is 1. The minimum atomic E-state index is -0.933. The molecule has 0 aliphatic carbocycles. The Hall–Kier alpha value is -2.42. The molecule has 8 heteroatoms. The van der Waals surface area contributed by atoms with E-state index in [0.717, 1.165) is 10.2 Å². The van der Waals surface area contributed by atoms with Crippen molar-refractivity contribution in [2.24, 2.45) is 0 Å². The molecule has 3 aromatic rings. The lowest BCUT2D eigenvalue weighted by atomic mass is 10.0. The van der Waals surface area contributed by atoms with Gasteiger partial charge in [-0.25, -0.2) is 4.98 Å². The zero-order valence-electron chi connectivity index (χ0n) is 13.4. The van der Waals surface area contributed by atoms with Gasteiger partial charge in [0, 0.05) is 16.9 Å². The first-order valence-corrected chi connectivity index (χ1v) is 9.72. The minimum Gasteiger partial charge on any atom is -0.507 e. The van der Waals surface area contributed by atoms with Gasteiger partial charge in [0.1, 0.15) is 23.1 Å². The van der Waals surface area contributed by atoms with Crippen molar-refractivity contribution in [1.29, 1.82) is 0 Å². The van der Waals surface area contributed by atoms with Crippen LogP contribution in [0, 0.1) is 0 Å². The van der Waals surface area contributed by atoms with Gasteiger partial charge in [-0.15, -0.1) is 23.1 Å².